The second kappa shape index (κ2) is 7.31. The molecule has 2 aliphatic rings. The number of likely N-dealkylation sites (tertiary alicyclic amines) is 1. The first-order valence-electron chi connectivity index (χ1n) is 8.42. The van der Waals surface area contributed by atoms with Crippen molar-refractivity contribution in [3.8, 4) is 0 Å². The van der Waals surface area contributed by atoms with Crippen molar-refractivity contribution in [2.45, 2.75) is 19.4 Å². The highest BCUT2D eigenvalue weighted by molar-refractivity contribution is 5.94. The van der Waals surface area contributed by atoms with Crippen LogP contribution in [0.2, 0.25) is 0 Å². The molecule has 0 unspecified atom stereocenters. The zero-order valence-corrected chi connectivity index (χ0v) is 14.3. The number of carbonyl (C=O) groups is 2. The number of aromatic nitrogens is 2. The van der Waals surface area contributed by atoms with Gasteiger partial charge in [-0.15, -0.1) is 0 Å². The van der Waals surface area contributed by atoms with E-state index in [0.29, 0.717) is 31.8 Å². The average Bonchev–Trinajstić information content (AvgIpc) is 3.25. The Hall–Kier alpha value is -1.93. The summed E-state index contributed by atoms with van der Waals surface area (Å²) in [6.45, 7) is 4.43. The third-order valence-corrected chi connectivity index (χ3v) is 4.92. The number of nitrogens with one attached hydrogen (secondary N) is 2. The summed E-state index contributed by atoms with van der Waals surface area (Å²) in [5.41, 5.74) is 2.21. The van der Waals surface area contributed by atoms with Crippen LogP contribution in [-0.2, 0) is 22.5 Å². The van der Waals surface area contributed by atoms with E-state index in [-0.39, 0.29) is 17.7 Å². The molecule has 1 aromatic heterocycles. The van der Waals surface area contributed by atoms with Gasteiger partial charge in [-0.25, -0.2) is 0 Å². The Morgan fingerprint density at radius 2 is 2.25 bits per heavy atom. The molecule has 0 aromatic carbocycles. The molecule has 1 aromatic rings. The number of hydrogen-bond donors (Lipinski definition) is 2. The van der Waals surface area contributed by atoms with Gasteiger partial charge >= 0.3 is 0 Å². The molecule has 0 spiro atoms. The maximum atomic E-state index is 12.8. The predicted octanol–water partition coefficient (Wildman–Crippen LogP) is -0.378. The minimum atomic E-state index is -0.214. The third-order valence-electron chi connectivity index (χ3n) is 4.92. The van der Waals surface area contributed by atoms with E-state index in [9.17, 15) is 9.59 Å². The minimum absolute atomic E-state index is 0.0405. The van der Waals surface area contributed by atoms with E-state index in [1.165, 1.54) is 0 Å². The van der Waals surface area contributed by atoms with Crippen LogP contribution in [0.4, 0.5) is 0 Å². The van der Waals surface area contributed by atoms with Crippen LogP contribution in [-0.4, -0.2) is 78.8 Å². The van der Waals surface area contributed by atoms with Crippen molar-refractivity contribution in [1.29, 1.82) is 0 Å². The molecule has 0 saturated carbocycles. The Morgan fingerprint density at radius 1 is 1.42 bits per heavy atom. The molecule has 1 saturated heterocycles. The molecule has 8 heteroatoms. The van der Waals surface area contributed by atoms with Crippen LogP contribution in [0.25, 0.3) is 0 Å². The quantitative estimate of drug-likeness (QED) is 0.766. The lowest BCUT2D eigenvalue weighted by Gasteiger charge is -2.29. The second-order valence-electron chi connectivity index (χ2n) is 6.40. The Balaban J connectivity index is 1.64. The maximum Gasteiger partial charge on any atom is 0.271 e. The SMILES string of the molecule is CNC(=O)c1n[nH]c2c1CN(C(=O)[C@H]1CCN(CCOC)C1)CC2. The summed E-state index contributed by atoms with van der Waals surface area (Å²) in [5, 5.41) is 9.64. The van der Waals surface area contributed by atoms with Crippen LogP contribution in [0, 0.1) is 5.92 Å². The number of aromatic amines is 1. The fourth-order valence-electron chi connectivity index (χ4n) is 3.51. The van der Waals surface area contributed by atoms with Gasteiger partial charge in [-0.1, -0.05) is 0 Å². The van der Waals surface area contributed by atoms with Crippen molar-refractivity contribution >= 4 is 11.8 Å². The number of H-pyrrole nitrogens is 1. The molecule has 2 N–H and O–H groups in total. The normalized spacial score (nSPS) is 20.9. The van der Waals surface area contributed by atoms with E-state index < -0.39 is 0 Å². The third kappa shape index (κ3) is 3.29. The first-order chi connectivity index (χ1) is 11.6. The fourth-order valence-corrected chi connectivity index (χ4v) is 3.51. The largest absolute Gasteiger partial charge is 0.383 e. The number of carbonyl (C=O) groups excluding carboxylic acids is 2. The van der Waals surface area contributed by atoms with Crippen LogP contribution in [0.3, 0.4) is 0 Å². The van der Waals surface area contributed by atoms with E-state index >= 15 is 0 Å². The number of nitrogens with zero attached hydrogens (tertiary/aromatic N) is 3. The molecule has 3 rings (SSSR count). The van der Waals surface area contributed by atoms with Gasteiger partial charge < -0.3 is 19.9 Å². The molecular formula is C16H25N5O3. The summed E-state index contributed by atoms with van der Waals surface area (Å²) in [7, 11) is 3.28. The zero-order valence-electron chi connectivity index (χ0n) is 14.3. The summed E-state index contributed by atoms with van der Waals surface area (Å²) in [6, 6.07) is 0. The predicted molar refractivity (Wildman–Crippen MR) is 87.5 cm³/mol. The standard InChI is InChI=1S/C16H25N5O3/c1-17-15(22)14-12-10-21(6-4-13(12)18-19-14)16(23)11-3-5-20(9-11)7-8-24-2/h11H,3-10H2,1-2H3,(H,17,22)(H,18,19)/t11-/m0/s1. The summed E-state index contributed by atoms with van der Waals surface area (Å²) in [4.78, 5) is 28.9. The van der Waals surface area contributed by atoms with E-state index in [1.54, 1.807) is 14.2 Å². The van der Waals surface area contributed by atoms with E-state index in [1.807, 2.05) is 4.90 Å². The van der Waals surface area contributed by atoms with Crippen LogP contribution >= 0.6 is 0 Å². The molecule has 24 heavy (non-hydrogen) atoms. The van der Waals surface area contributed by atoms with Gasteiger partial charge in [0, 0.05) is 58.0 Å². The topological polar surface area (TPSA) is 90.6 Å². The molecule has 0 bridgehead atoms. The number of methoxy groups -OCH3 is 1. The highest BCUT2D eigenvalue weighted by Gasteiger charge is 2.34. The lowest BCUT2D eigenvalue weighted by atomic mass is 10.0. The van der Waals surface area contributed by atoms with Crippen molar-refractivity contribution in [3.63, 3.8) is 0 Å². The lowest BCUT2D eigenvalue weighted by Crippen LogP contribution is -2.41. The van der Waals surface area contributed by atoms with Gasteiger partial charge in [0.1, 0.15) is 0 Å². The maximum absolute atomic E-state index is 12.8. The molecular weight excluding hydrogens is 310 g/mol. The van der Waals surface area contributed by atoms with Gasteiger partial charge in [-0.05, 0) is 13.0 Å². The average molecular weight is 335 g/mol. The van der Waals surface area contributed by atoms with Crippen molar-refractivity contribution in [1.82, 2.24) is 25.3 Å². The van der Waals surface area contributed by atoms with Crippen LogP contribution < -0.4 is 5.32 Å². The molecule has 3 heterocycles. The Bertz CT molecular complexity index is 615. The number of rotatable bonds is 5. The van der Waals surface area contributed by atoms with Gasteiger partial charge in [-0.2, -0.15) is 5.10 Å². The van der Waals surface area contributed by atoms with Crippen LogP contribution in [0.1, 0.15) is 28.2 Å². The van der Waals surface area contributed by atoms with Crippen molar-refractivity contribution in [2.24, 2.45) is 5.92 Å². The molecule has 2 amide bonds. The van der Waals surface area contributed by atoms with Gasteiger partial charge in [0.25, 0.3) is 5.91 Å². The molecule has 1 fully saturated rings. The molecule has 0 aliphatic carbocycles. The minimum Gasteiger partial charge on any atom is -0.383 e. The zero-order chi connectivity index (χ0) is 17.1. The Kier molecular flexibility index (Phi) is 5.15. The molecule has 8 nitrogen and oxygen atoms in total. The number of hydrogen-bond acceptors (Lipinski definition) is 5. The summed E-state index contributed by atoms with van der Waals surface area (Å²) in [5.74, 6) is 0.0109. The fraction of sp³-hybridized carbons (Fsp3) is 0.688. The van der Waals surface area contributed by atoms with E-state index in [0.717, 1.165) is 37.3 Å². The van der Waals surface area contributed by atoms with Gasteiger partial charge in [0.05, 0.1) is 12.5 Å². The van der Waals surface area contributed by atoms with Crippen LogP contribution in [0.5, 0.6) is 0 Å². The summed E-state index contributed by atoms with van der Waals surface area (Å²) < 4.78 is 5.11. The van der Waals surface area contributed by atoms with E-state index in [2.05, 4.69) is 20.4 Å². The monoisotopic (exact) mass is 335 g/mol. The number of ether oxygens (including phenoxy) is 1. The number of amides is 2. The highest BCUT2D eigenvalue weighted by atomic mass is 16.5. The van der Waals surface area contributed by atoms with Crippen molar-refractivity contribution in [3.05, 3.63) is 17.0 Å². The van der Waals surface area contributed by atoms with Gasteiger partial charge in [-0.3, -0.25) is 14.7 Å². The van der Waals surface area contributed by atoms with E-state index in [4.69, 9.17) is 4.74 Å². The van der Waals surface area contributed by atoms with Gasteiger partial charge in [0.2, 0.25) is 5.91 Å². The Labute approximate surface area is 141 Å². The lowest BCUT2D eigenvalue weighted by molar-refractivity contribution is -0.136. The highest BCUT2D eigenvalue weighted by Crippen LogP contribution is 2.25. The number of fused-ring (bicyclic) bond motifs is 1. The first-order valence-corrected chi connectivity index (χ1v) is 8.42. The van der Waals surface area contributed by atoms with Crippen molar-refractivity contribution < 1.29 is 14.3 Å². The molecule has 1 atom stereocenters. The van der Waals surface area contributed by atoms with Gasteiger partial charge in [0.15, 0.2) is 5.69 Å². The van der Waals surface area contributed by atoms with Crippen molar-refractivity contribution in [2.75, 3.05) is 46.9 Å². The molecule has 0 radical (unpaired) electrons. The summed E-state index contributed by atoms with van der Waals surface area (Å²) >= 11 is 0. The second-order valence-corrected chi connectivity index (χ2v) is 6.40. The van der Waals surface area contributed by atoms with Crippen LogP contribution in [0.15, 0.2) is 0 Å². The molecule has 132 valence electrons. The smallest absolute Gasteiger partial charge is 0.271 e. The Morgan fingerprint density at radius 3 is 3.00 bits per heavy atom. The molecule has 2 aliphatic heterocycles. The summed E-state index contributed by atoms with van der Waals surface area (Å²) in [6.07, 6.45) is 1.60. The first kappa shape index (κ1) is 16.9.